The van der Waals surface area contributed by atoms with Crippen molar-refractivity contribution in [1.82, 2.24) is 0 Å². The third-order valence-electron chi connectivity index (χ3n) is 2.64. The molecule has 0 heterocycles. The van der Waals surface area contributed by atoms with Crippen molar-refractivity contribution >= 4 is 11.6 Å². The number of nitriles is 1. The molecule has 0 aliphatic heterocycles. The molecule has 0 saturated carbocycles. The van der Waals surface area contributed by atoms with Gasteiger partial charge in [-0.2, -0.15) is 5.26 Å². The van der Waals surface area contributed by atoms with Gasteiger partial charge in [0.15, 0.2) is 0 Å². The number of nitrogens with zero attached hydrogens (tertiary/aromatic N) is 1. The van der Waals surface area contributed by atoms with E-state index in [2.05, 4.69) is 5.32 Å². The monoisotopic (exact) mass is 216 g/mol. The Labute approximate surface area is 96.1 Å². The Hall–Kier alpha value is -1.82. The van der Waals surface area contributed by atoms with Gasteiger partial charge in [0.05, 0.1) is 11.6 Å². The van der Waals surface area contributed by atoms with Gasteiger partial charge in [0.1, 0.15) is 0 Å². The average molecular weight is 216 g/mol. The molecule has 3 nitrogen and oxygen atoms in total. The van der Waals surface area contributed by atoms with Crippen molar-refractivity contribution in [3.05, 3.63) is 29.8 Å². The fourth-order valence-corrected chi connectivity index (χ4v) is 1.53. The first kappa shape index (κ1) is 12.3. The molecule has 1 N–H and O–H groups in total. The first-order chi connectivity index (χ1) is 7.71. The minimum Gasteiger partial charge on any atom is -0.326 e. The van der Waals surface area contributed by atoms with E-state index in [4.69, 9.17) is 5.26 Å². The topological polar surface area (TPSA) is 52.9 Å². The van der Waals surface area contributed by atoms with Gasteiger partial charge >= 0.3 is 0 Å². The number of anilines is 1. The molecule has 16 heavy (non-hydrogen) atoms. The molecule has 0 fully saturated rings. The summed E-state index contributed by atoms with van der Waals surface area (Å²) in [5, 5.41) is 11.5. The van der Waals surface area contributed by atoms with Crippen LogP contribution in [0.2, 0.25) is 0 Å². The SMILES string of the molecule is CCC(CC)C(=O)Nc1ccc(C#N)cc1. The van der Waals surface area contributed by atoms with Crippen LogP contribution in [0.3, 0.4) is 0 Å². The van der Waals surface area contributed by atoms with E-state index in [9.17, 15) is 4.79 Å². The molecule has 0 aliphatic carbocycles. The summed E-state index contributed by atoms with van der Waals surface area (Å²) >= 11 is 0. The van der Waals surface area contributed by atoms with Gasteiger partial charge in [0, 0.05) is 11.6 Å². The molecule has 0 radical (unpaired) electrons. The third kappa shape index (κ3) is 3.09. The lowest BCUT2D eigenvalue weighted by Gasteiger charge is -2.12. The number of benzene rings is 1. The highest BCUT2D eigenvalue weighted by Crippen LogP contribution is 2.13. The van der Waals surface area contributed by atoms with Crippen LogP contribution in [0, 0.1) is 17.2 Å². The van der Waals surface area contributed by atoms with E-state index in [1.54, 1.807) is 24.3 Å². The molecule has 1 amide bonds. The van der Waals surface area contributed by atoms with Crippen LogP contribution in [0.5, 0.6) is 0 Å². The highest BCUT2D eigenvalue weighted by Gasteiger charge is 2.13. The molecule has 3 heteroatoms. The van der Waals surface area contributed by atoms with Gasteiger partial charge in [-0.05, 0) is 37.1 Å². The Morgan fingerprint density at radius 2 is 1.88 bits per heavy atom. The number of hydrogen-bond acceptors (Lipinski definition) is 2. The Bertz CT molecular complexity index is 385. The van der Waals surface area contributed by atoms with Crippen LogP contribution in [-0.4, -0.2) is 5.91 Å². The van der Waals surface area contributed by atoms with Crippen LogP contribution < -0.4 is 5.32 Å². The lowest BCUT2D eigenvalue weighted by atomic mass is 10.0. The normalized spacial score (nSPS) is 9.88. The predicted molar refractivity (Wildman–Crippen MR) is 63.9 cm³/mol. The van der Waals surface area contributed by atoms with Crippen molar-refractivity contribution in [2.24, 2.45) is 5.92 Å². The van der Waals surface area contributed by atoms with Gasteiger partial charge in [-0.15, -0.1) is 0 Å². The fourth-order valence-electron chi connectivity index (χ4n) is 1.53. The third-order valence-corrected chi connectivity index (χ3v) is 2.64. The van der Waals surface area contributed by atoms with E-state index in [1.165, 1.54) is 0 Å². The lowest BCUT2D eigenvalue weighted by Crippen LogP contribution is -2.21. The maximum atomic E-state index is 11.8. The highest BCUT2D eigenvalue weighted by molar-refractivity contribution is 5.92. The molecule has 0 unspecified atom stereocenters. The number of hydrogen-bond donors (Lipinski definition) is 1. The second-order valence-corrected chi connectivity index (χ2v) is 3.69. The van der Waals surface area contributed by atoms with Crippen LogP contribution in [0.15, 0.2) is 24.3 Å². The highest BCUT2D eigenvalue weighted by atomic mass is 16.1. The molecule has 0 saturated heterocycles. The first-order valence-corrected chi connectivity index (χ1v) is 5.52. The molecule has 0 aromatic heterocycles. The van der Waals surface area contributed by atoms with E-state index >= 15 is 0 Å². The summed E-state index contributed by atoms with van der Waals surface area (Å²) in [5.41, 5.74) is 1.34. The van der Waals surface area contributed by atoms with Crippen molar-refractivity contribution < 1.29 is 4.79 Å². The van der Waals surface area contributed by atoms with Gasteiger partial charge in [0.2, 0.25) is 5.91 Å². The Balaban J connectivity index is 2.66. The summed E-state index contributed by atoms with van der Waals surface area (Å²) in [7, 11) is 0. The number of amides is 1. The minimum absolute atomic E-state index is 0.0507. The van der Waals surface area contributed by atoms with Crippen LogP contribution >= 0.6 is 0 Å². The van der Waals surface area contributed by atoms with E-state index in [1.807, 2.05) is 19.9 Å². The van der Waals surface area contributed by atoms with Crippen molar-refractivity contribution in [2.75, 3.05) is 5.32 Å². The van der Waals surface area contributed by atoms with Crippen molar-refractivity contribution in [1.29, 1.82) is 5.26 Å². The first-order valence-electron chi connectivity index (χ1n) is 5.52. The maximum absolute atomic E-state index is 11.8. The van der Waals surface area contributed by atoms with Crippen LogP contribution in [-0.2, 0) is 4.79 Å². The second-order valence-electron chi connectivity index (χ2n) is 3.69. The molecule has 0 bridgehead atoms. The molecular formula is C13H16N2O. The zero-order valence-electron chi connectivity index (χ0n) is 9.66. The van der Waals surface area contributed by atoms with Crippen molar-refractivity contribution in [3.63, 3.8) is 0 Å². The molecule has 0 aliphatic rings. The molecule has 1 aromatic carbocycles. The van der Waals surface area contributed by atoms with Crippen LogP contribution in [0.1, 0.15) is 32.3 Å². The zero-order chi connectivity index (χ0) is 12.0. The van der Waals surface area contributed by atoms with Gasteiger partial charge < -0.3 is 5.32 Å². The zero-order valence-corrected chi connectivity index (χ0v) is 9.66. The quantitative estimate of drug-likeness (QED) is 0.841. The number of carbonyl (C=O) groups is 1. The Morgan fingerprint density at radius 3 is 2.31 bits per heavy atom. The van der Waals surface area contributed by atoms with Gasteiger partial charge in [-0.1, -0.05) is 13.8 Å². The largest absolute Gasteiger partial charge is 0.326 e. The summed E-state index contributed by atoms with van der Waals surface area (Å²) in [5.74, 6) is 0.116. The van der Waals surface area contributed by atoms with Crippen LogP contribution in [0.4, 0.5) is 5.69 Å². The number of nitrogens with one attached hydrogen (secondary N) is 1. The molecule has 84 valence electrons. The number of carbonyl (C=O) groups excluding carboxylic acids is 1. The average Bonchev–Trinajstić information content (AvgIpc) is 2.31. The summed E-state index contributed by atoms with van der Waals surface area (Å²) in [6.07, 6.45) is 1.69. The summed E-state index contributed by atoms with van der Waals surface area (Å²) in [4.78, 5) is 11.8. The molecule has 0 spiro atoms. The van der Waals surface area contributed by atoms with Crippen molar-refractivity contribution in [2.45, 2.75) is 26.7 Å². The summed E-state index contributed by atoms with van der Waals surface area (Å²) in [6, 6.07) is 8.93. The molecular weight excluding hydrogens is 200 g/mol. The predicted octanol–water partition coefficient (Wildman–Crippen LogP) is 2.93. The van der Waals surface area contributed by atoms with E-state index in [0.717, 1.165) is 18.5 Å². The molecule has 1 aromatic rings. The fraction of sp³-hybridized carbons (Fsp3) is 0.385. The minimum atomic E-state index is 0.0507. The van der Waals surface area contributed by atoms with Gasteiger partial charge in [-0.3, -0.25) is 4.79 Å². The molecule has 0 atom stereocenters. The van der Waals surface area contributed by atoms with Crippen molar-refractivity contribution in [3.8, 4) is 6.07 Å². The van der Waals surface area contributed by atoms with E-state index < -0.39 is 0 Å². The molecule has 1 rings (SSSR count). The second kappa shape index (κ2) is 5.92. The summed E-state index contributed by atoms with van der Waals surface area (Å²) < 4.78 is 0. The smallest absolute Gasteiger partial charge is 0.227 e. The van der Waals surface area contributed by atoms with Gasteiger partial charge in [0.25, 0.3) is 0 Å². The summed E-state index contributed by atoms with van der Waals surface area (Å²) in [6.45, 7) is 4.01. The standard InChI is InChI=1S/C13H16N2O/c1-3-11(4-2)13(16)15-12-7-5-10(9-14)6-8-12/h5-8,11H,3-4H2,1-2H3,(H,15,16). The lowest BCUT2D eigenvalue weighted by molar-refractivity contribution is -0.120. The maximum Gasteiger partial charge on any atom is 0.227 e. The van der Waals surface area contributed by atoms with E-state index in [0.29, 0.717) is 5.56 Å². The number of rotatable bonds is 4. The van der Waals surface area contributed by atoms with E-state index in [-0.39, 0.29) is 11.8 Å². The van der Waals surface area contributed by atoms with Gasteiger partial charge in [-0.25, -0.2) is 0 Å². The Morgan fingerprint density at radius 1 is 1.31 bits per heavy atom. The Kier molecular flexibility index (Phi) is 4.53. The van der Waals surface area contributed by atoms with Crippen LogP contribution in [0.25, 0.3) is 0 Å².